The van der Waals surface area contributed by atoms with Crippen LogP contribution in [0.15, 0.2) is 41.3 Å². The molecule has 7 nitrogen and oxygen atoms in total. The van der Waals surface area contributed by atoms with Crippen molar-refractivity contribution in [2.45, 2.75) is 17.9 Å². The van der Waals surface area contributed by atoms with Crippen LogP contribution >= 0.6 is 11.8 Å². The standard InChI is InChI=1S/C19H18N2O5S/c1-11-19(23)21-14-8-12(2-4-15(14)26-11)20-18(22)10-27-13-3-5-16-17(9-13)25-7-6-24-16/h2-5,8-9,11H,6-7,10H2,1H3,(H,20,22)(H,21,23)/t11-/m0/s1. The zero-order valence-corrected chi connectivity index (χ0v) is 15.4. The molecule has 2 N–H and O–H groups in total. The number of ether oxygens (including phenoxy) is 3. The fourth-order valence-corrected chi connectivity index (χ4v) is 3.47. The number of hydrogen-bond acceptors (Lipinski definition) is 6. The van der Waals surface area contributed by atoms with Crippen molar-refractivity contribution in [2.24, 2.45) is 0 Å². The molecule has 0 spiro atoms. The van der Waals surface area contributed by atoms with E-state index in [2.05, 4.69) is 10.6 Å². The number of carbonyl (C=O) groups excluding carboxylic acids is 2. The summed E-state index contributed by atoms with van der Waals surface area (Å²) in [5.41, 5.74) is 1.15. The normalized spacial score (nSPS) is 17.4. The average Bonchev–Trinajstić information content (AvgIpc) is 2.67. The molecule has 0 unspecified atom stereocenters. The van der Waals surface area contributed by atoms with Gasteiger partial charge in [-0.15, -0.1) is 11.8 Å². The van der Waals surface area contributed by atoms with Crippen LogP contribution in [0.25, 0.3) is 0 Å². The summed E-state index contributed by atoms with van der Waals surface area (Å²) in [6.07, 6.45) is -0.527. The third-order valence-electron chi connectivity index (χ3n) is 4.08. The molecule has 2 aromatic rings. The molecule has 2 aliphatic heterocycles. The molecule has 0 aliphatic carbocycles. The van der Waals surface area contributed by atoms with Crippen molar-refractivity contribution in [3.8, 4) is 17.2 Å². The average molecular weight is 386 g/mol. The summed E-state index contributed by atoms with van der Waals surface area (Å²) >= 11 is 1.41. The molecule has 0 fully saturated rings. The minimum absolute atomic E-state index is 0.147. The summed E-state index contributed by atoms with van der Waals surface area (Å²) in [5.74, 6) is 1.91. The number of amides is 2. The number of hydrogen-bond donors (Lipinski definition) is 2. The van der Waals surface area contributed by atoms with Crippen LogP contribution in [-0.4, -0.2) is 36.9 Å². The van der Waals surface area contributed by atoms with Crippen molar-refractivity contribution in [1.29, 1.82) is 0 Å². The Morgan fingerprint density at radius 2 is 1.93 bits per heavy atom. The maximum Gasteiger partial charge on any atom is 0.265 e. The highest BCUT2D eigenvalue weighted by atomic mass is 32.2. The molecular weight excluding hydrogens is 368 g/mol. The van der Waals surface area contributed by atoms with Gasteiger partial charge in [-0.05, 0) is 43.3 Å². The lowest BCUT2D eigenvalue weighted by molar-refractivity contribution is -0.122. The van der Waals surface area contributed by atoms with Gasteiger partial charge in [0, 0.05) is 10.6 Å². The van der Waals surface area contributed by atoms with Crippen LogP contribution in [0, 0.1) is 0 Å². The van der Waals surface area contributed by atoms with Crippen LogP contribution in [0.1, 0.15) is 6.92 Å². The monoisotopic (exact) mass is 386 g/mol. The van der Waals surface area contributed by atoms with Gasteiger partial charge >= 0.3 is 0 Å². The van der Waals surface area contributed by atoms with Gasteiger partial charge in [0.05, 0.1) is 11.4 Å². The lowest BCUT2D eigenvalue weighted by Crippen LogP contribution is -2.34. The van der Waals surface area contributed by atoms with Gasteiger partial charge in [-0.1, -0.05) is 0 Å². The van der Waals surface area contributed by atoms with E-state index in [1.54, 1.807) is 25.1 Å². The van der Waals surface area contributed by atoms with Crippen molar-refractivity contribution in [1.82, 2.24) is 0 Å². The van der Waals surface area contributed by atoms with Crippen molar-refractivity contribution in [3.05, 3.63) is 36.4 Å². The quantitative estimate of drug-likeness (QED) is 0.786. The van der Waals surface area contributed by atoms with Gasteiger partial charge in [-0.3, -0.25) is 9.59 Å². The Morgan fingerprint density at radius 3 is 2.78 bits per heavy atom. The van der Waals surface area contributed by atoms with E-state index >= 15 is 0 Å². The molecule has 2 heterocycles. The highest BCUT2D eigenvalue weighted by Gasteiger charge is 2.23. The van der Waals surface area contributed by atoms with E-state index in [4.69, 9.17) is 14.2 Å². The number of anilines is 2. The molecule has 2 amide bonds. The smallest absolute Gasteiger partial charge is 0.265 e. The van der Waals surface area contributed by atoms with E-state index in [9.17, 15) is 9.59 Å². The molecular formula is C19H18N2O5S. The second-order valence-electron chi connectivity index (χ2n) is 6.10. The maximum absolute atomic E-state index is 12.3. The van der Waals surface area contributed by atoms with Gasteiger partial charge < -0.3 is 24.8 Å². The predicted octanol–water partition coefficient (Wildman–Crippen LogP) is 2.91. The molecule has 0 saturated carbocycles. The molecule has 140 valence electrons. The highest BCUT2D eigenvalue weighted by molar-refractivity contribution is 8.00. The SMILES string of the molecule is C[C@@H]1Oc2ccc(NC(=O)CSc3ccc4c(c3)OCCO4)cc2NC1=O. The molecule has 0 radical (unpaired) electrons. The van der Waals surface area contributed by atoms with Gasteiger partial charge in [0.2, 0.25) is 5.91 Å². The Kier molecular flexibility index (Phi) is 4.81. The van der Waals surface area contributed by atoms with Crippen LogP contribution in [0.5, 0.6) is 17.2 Å². The maximum atomic E-state index is 12.3. The molecule has 2 aromatic carbocycles. The van der Waals surface area contributed by atoms with Gasteiger partial charge in [0.25, 0.3) is 5.91 Å². The van der Waals surface area contributed by atoms with Gasteiger partial charge in [0.1, 0.15) is 19.0 Å². The first-order valence-corrected chi connectivity index (χ1v) is 9.51. The molecule has 0 bridgehead atoms. The molecule has 1 atom stereocenters. The largest absolute Gasteiger partial charge is 0.486 e. The fourth-order valence-electron chi connectivity index (χ4n) is 2.75. The number of thioether (sulfide) groups is 1. The number of rotatable bonds is 4. The summed E-state index contributed by atoms with van der Waals surface area (Å²) in [5, 5.41) is 5.59. The summed E-state index contributed by atoms with van der Waals surface area (Å²) in [6, 6.07) is 10.8. The third kappa shape index (κ3) is 3.95. The first-order valence-electron chi connectivity index (χ1n) is 8.52. The zero-order chi connectivity index (χ0) is 18.8. The zero-order valence-electron chi connectivity index (χ0n) is 14.6. The van der Waals surface area contributed by atoms with E-state index in [1.807, 2.05) is 18.2 Å². The summed E-state index contributed by atoms with van der Waals surface area (Å²) in [6.45, 7) is 2.76. The Morgan fingerprint density at radius 1 is 1.15 bits per heavy atom. The van der Waals surface area contributed by atoms with E-state index in [0.29, 0.717) is 36.1 Å². The minimum atomic E-state index is -0.527. The van der Waals surface area contributed by atoms with Crippen LogP contribution in [0.2, 0.25) is 0 Å². The van der Waals surface area contributed by atoms with Crippen molar-refractivity contribution >= 4 is 35.0 Å². The number of fused-ring (bicyclic) bond motifs is 2. The first kappa shape index (κ1) is 17.5. The van der Waals surface area contributed by atoms with Crippen molar-refractivity contribution in [2.75, 3.05) is 29.6 Å². The molecule has 27 heavy (non-hydrogen) atoms. The lowest BCUT2D eigenvalue weighted by Gasteiger charge is -2.23. The summed E-state index contributed by atoms with van der Waals surface area (Å²) < 4.78 is 16.5. The number of nitrogens with one attached hydrogen (secondary N) is 2. The lowest BCUT2D eigenvalue weighted by atomic mass is 10.2. The van der Waals surface area contributed by atoms with Crippen molar-refractivity contribution < 1.29 is 23.8 Å². The molecule has 4 rings (SSSR count). The molecule has 2 aliphatic rings. The minimum Gasteiger partial charge on any atom is -0.486 e. The van der Waals surface area contributed by atoms with Gasteiger partial charge in [-0.25, -0.2) is 0 Å². The molecule has 0 aromatic heterocycles. The fraction of sp³-hybridized carbons (Fsp3) is 0.263. The van der Waals surface area contributed by atoms with Crippen LogP contribution in [0.4, 0.5) is 11.4 Å². The van der Waals surface area contributed by atoms with E-state index in [0.717, 1.165) is 10.6 Å². The van der Waals surface area contributed by atoms with Crippen LogP contribution in [0.3, 0.4) is 0 Å². The second kappa shape index (κ2) is 7.40. The molecule has 0 saturated heterocycles. The molecule has 8 heteroatoms. The summed E-state index contributed by atoms with van der Waals surface area (Å²) in [7, 11) is 0. The van der Waals surface area contributed by atoms with Gasteiger partial charge in [-0.2, -0.15) is 0 Å². The van der Waals surface area contributed by atoms with E-state index < -0.39 is 6.10 Å². The third-order valence-corrected chi connectivity index (χ3v) is 5.07. The highest BCUT2D eigenvalue weighted by Crippen LogP contribution is 2.35. The Hall–Kier alpha value is -2.87. The topological polar surface area (TPSA) is 85.9 Å². The van der Waals surface area contributed by atoms with Crippen LogP contribution < -0.4 is 24.8 Å². The Bertz CT molecular complexity index is 902. The number of carbonyl (C=O) groups is 2. The van der Waals surface area contributed by atoms with Crippen LogP contribution in [-0.2, 0) is 9.59 Å². The van der Waals surface area contributed by atoms with E-state index in [1.165, 1.54) is 11.8 Å². The first-order chi connectivity index (χ1) is 13.1. The second-order valence-corrected chi connectivity index (χ2v) is 7.15. The Labute approximate surface area is 160 Å². The van der Waals surface area contributed by atoms with E-state index in [-0.39, 0.29) is 17.6 Å². The Balaban J connectivity index is 1.36. The van der Waals surface area contributed by atoms with Gasteiger partial charge in [0.15, 0.2) is 17.6 Å². The summed E-state index contributed by atoms with van der Waals surface area (Å²) in [4.78, 5) is 24.9. The predicted molar refractivity (Wildman–Crippen MR) is 102 cm³/mol. The van der Waals surface area contributed by atoms with Crippen molar-refractivity contribution in [3.63, 3.8) is 0 Å². The number of benzene rings is 2.